The number of benzene rings is 2. The molecule has 0 fully saturated rings. The Bertz CT molecular complexity index is 440. The van der Waals surface area contributed by atoms with Gasteiger partial charge < -0.3 is 5.11 Å². The quantitative estimate of drug-likeness (QED) is 0.754. The molecule has 17 heavy (non-hydrogen) atoms. The van der Waals surface area contributed by atoms with Gasteiger partial charge in [-0.25, -0.2) is 0 Å². The number of phenolic OH excluding ortho intramolecular Hbond substituents is 1. The van der Waals surface area contributed by atoms with Crippen molar-refractivity contribution in [1.82, 2.24) is 0 Å². The number of aryl methyl sites for hydroxylation is 1. The fourth-order valence-electron chi connectivity index (χ4n) is 1.63. The van der Waals surface area contributed by atoms with Gasteiger partial charge in [0.05, 0.1) is 0 Å². The van der Waals surface area contributed by atoms with Gasteiger partial charge in [-0.3, -0.25) is 0 Å². The summed E-state index contributed by atoms with van der Waals surface area (Å²) in [5.74, 6) is 0.344. The number of phenols is 1. The van der Waals surface area contributed by atoms with Crippen LogP contribution in [0, 0.1) is 6.92 Å². The maximum absolute atomic E-state index is 9.74. The normalized spacial score (nSPS) is 9.12. The molecule has 1 nitrogen and oxygen atoms in total. The first-order valence-corrected chi connectivity index (χ1v) is 9.30. The Morgan fingerprint density at radius 2 is 1.53 bits per heavy atom. The number of hydrogen-bond donors (Lipinski definition) is 1. The first-order valence-electron chi connectivity index (χ1n) is 5.01. The molecule has 2 aromatic carbocycles. The molecular weight excluding hydrogens is 291 g/mol. The molecule has 88 valence electrons. The van der Waals surface area contributed by atoms with E-state index in [4.69, 9.17) is 18.6 Å². The van der Waals surface area contributed by atoms with E-state index in [1.165, 1.54) is 0 Å². The minimum absolute atomic E-state index is 0.344. The predicted molar refractivity (Wildman–Crippen MR) is 70.0 cm³/mol. The molecule has 1 N–H and O–H groups in total. The standard InChI is InChI=1S/C13H12O.2ClH.Ti/c1-10-6-5-9-12(14)13(10)11-7-3-2-4-8-11;;;/h2-9,14H,1H3;2*1H;/q;;;+2/p-2. The van der Waals surface area contributed by atoms with Gasteiger partial charge in [0.25, 0.3) is 0 Å². The van der Waals surface area contributed by atoms with Crippen LogP contribution in [0.25, 0.3) is 11.1 Å². The van der Waals surface area contributed by atoms with E-state index in [2.05, 4.69) is 0 Å². The summed E-state index contributed by atoms with van der Waals surface area (Å²) in [6.07, 6.45) is 0. The van der Waals surface area contributed by atoms with Crippen LogP contribution in [0.4, 0.5) is 0 Å². The second-order valence-corrected chi connectivity index (χ2v) is 5.99. The zero-order valence-electron chi connectivity index (χ0n) is 9.32. The van der Waals surface area contributed by atoms with E-state index in [1.54, 1.807) is 6.07 Å². The Morgan fingerprint density at radius 1 is 0.941 bits per heavy atom. The molecule has 0 heterocycles. The topological polar surface area (TPSA) is 20.2 Å². The van der Waals surface area contributed by atoms with Crippen molar-refractivity contribution in [3.63, 3.8) is 0 Å². The van der Waals surface area contributed by atoms with Crippen LogP contribution >= 0.6 is 18.6 Å². The molecule has 0 atom stereocenters. The Hall–Kier alpha value is -0.466. The molecule has 0 aromatic heterocycles. The monoisotopic (exact) mass is 302 g/mol. The van der Waals surface area contributed by atoms with E-state index in [0.717, 1.165) is 16.7 Å². The molecule has 0 spiro atoms. The maximum atomic E-state index is 9.74. The van der Waals surface area contributed by atoms with Crippen molar-refractivity contribution in [2.24, 2.45) is 0 Å². The van der Waals surface area contributed by atoms with Gasteiger partial charge in [0.2, 0.25) is 0 Å². The second-order valence-electron chi connectivity index (χ2n) is 3.41. The first kappa shape index (κ1) is 14.6. The van der Waals surface area contributed by atoms with Gasteiger partial charge in [0.1, 0.15) is 5.75 Å². The molecule has 2 rings (SSSR count). The van der Waals surface area contributed by atoms with Crippen molar-refractivity contribution >= 4 is 18.6 Å². The van der Waals surface area contributed by atoms with Crippen LogP contribution in [-0.4, -0.2) is 5.11 Å². The number of aromatic hydroxyl groups is 1. The van der Waals surface area contributed by atoms with E-state index in [0.29, 0.717) is 5.75 Å². The Labute approximate surface area is 118 Å². The van der Waals surface area contributed by atoms with Crippen molar-refractivity contribution in [1.29, 1.82) is 0 Å². The summed E-state index contributed by atoms with van der Waals surface area (Å²) in [6, 6.07) is 15.5. The summed E-state index contributed by atoms with van der Waals surface area (Å²) < 4.78 is 0. The molecular formula is C13H12Cl2OTi. The molecule has 0 bridgehead atoms. The van der Waals surface area contributed by atoms with Crippen molar-refractivity contribution in [3.8, 4) is 16.9 Å². The summed E-state index contributed by atoms with van der Waals surface area (Å²) in [7, 11) is 9.78. The van der Waals surface area contributed by atoms with E-state index in [-0.39, 0.29) is 0 Å². The van der Waals surface area contributed by atoms with Gasteiger partial charge in [0, 0.05) is 5.56 Å². The SMILES string of the molecule is Cc1cccc(O)c1-c1ccccc1.[Cl][Ti][Cl]. The molecule has 0 amide bonds. The van der Waals surface area contributed by atoms with Crippen molar-refractivity contribution in [3.05, 3.63) is 54.1 Å². The molecule has 2 aromatic rings. The van der Waals surface area contributed by atoms with Gasteiger partial charge in [-0.05, 0) is 24.1 Å². The van der Waals surface area contributed by atoms with Crippen LogP contribution in [0.1, 0.15) is 5.56 Å². The molecule has 0 radical (unpaired) electrons. The van der Waals surface area contributed by atoms with Gasteiger partial charge in [-0.15, -0.1) is 0 Å². The molecule has 4 heteroatoms. The zero-order valence-corrected chi connectivity index (χ0v) is 12.4. The fourth-order valence-corrected chi connectivity index (χ4v) is 1.63. The third-order valence-electron chi connectivity index (χ3n) is 2.31. The average Bonchev–Trinajstić information content (AvgIpc) is 2.31. The Balaban J connectivity index is 0.000000437. The molecule has 0 aliphatic rings. The summed E-state index contributed by atoms with van der Waals surface area (Å²) in [5, 5.41) is 9.74. The van der Waals surface area contributed by atoms with Crippen molar-refractivity contribution in [2.75, 3.05) is 0 Å². The van der Waals surface area contributed by atoms with Crippen LogP contribution in [0.3, 0.4) is 0 Å². The summed E-state index contributed by atoms with van der Waals surface area (Å²) >= 11 is -0.556. The molecule has 0 saturated heterocycles. The molecule has 0 aliphatic heterocycles. The van der Waals surface area contributed by atoms with Crippen LogP contribution in [0.2, 0.25) is 0 Å². The number of rotatable bonds is 1. The number of hydrogen-bond acceptors (Lipinski definition) is 1. The third-order valence-corrected chi connectivity index (χ3v) is 2.31. The van der Waals surface area contributed by atoms with Crippen LogP contribution < -0.4 is 0 Å². The molecule has 0 aliphatic carbocycles. The molecule has 0 saturated carbocycles. The predicted octanol–water partition coefficient (Wildman–Crippen LogP) is 4.74. The van der Waals surface area contributed by atoms with E-state index < -0.39 is 17.0 Å². The minimum atomic E-state index is -0.556. The average molecular weight is 303 g/mol. The van der Waals surface area contributed by atoms with Crippen LogP contribution in [-0.2, 0) is 17.0 Å². The first-order chi connectivity index (χ1) is 8.20. The zero-order chi connectivity index (χ0) is 12.7. The van der Waals surface area contributed by atoms with E-state index in [9.17, 15) is 5.11 Å². The Kier molecular flexibility index (Phi) is 6.68. The number of halogens is 2. The van der Waals surface area contributed by atoms with E-state index >= 15 is 0 Å². The Morgan fingerprint density at radius 3 is 2.06 bits per heavy atom. The summed E-state index contributed by atoms with van der Waals surface area (Å²) in [6.45, 7) is 2.00. The fraction of sp³-hybridized carbons (Fsp3) is 0.0769. The molecule has 0 unspecified atom stereocenters. The summed E-state index contributed by atoms with van der Waals surface area (Å²) in [4.78, 5) is 0. The van der Waals surface area contributed by atoms with E-state index in [1.807, 2.05) is 49.4 Å². The van der Waals surface area contributed by atoms with Gasteiger partial charge in [-0.2, -0.15) is 0 Å². The van der Waals surface area contributed by atoms with Crippen molar-refractivity contribution in [2.45, 2.75) is 6.92 Å². The van der Waals surface area contributed by atoms with Gasteiger partial charge >= 0.3 is 35.6 Å². The van der Waals surface area contributed by atoms with Crippen LogP contribution in [0.15, 0.2) is 48.5 Å². The van der Waals surface area contributed by atoms with Gasteiger partial charge in [-0.1, -0.05) is 42.5 Å². The van der Waals surface area contributed by atoms with Crippen molar-refractivity contribution < 1.29 is 22.1 Å². The van der Waals surface area contributed by atoms with Crippen LogP contribution in [0.5, 0.6) is 5.75 Å². The second kappa shape index (κ2) is 7.78. The summed E-state index contributed by atoms with van der Waals surface area (Å²) in [5.41, 5.74) is 3.08. The third kappa shape index (κ3) is 4.36. The van der Waals surface area contributed by atoms with Gasteiger partial charge in [0.15, 0.2) is 0 Å².